The Balaban J connectivity index is 1.78. The van der Waals surface area contributed by atoms with E-state index in [1.165, 1.54) is 11.1 Å². The standard InChI is InChI=1S/C26H35N3O5S/c1-14(2)7-19-13-35-24(22(19)15(3)4)26-29-28-25(34-26)18-8-16(5)23(17(6)9-18)33-12-20(31)10-27-21(32)11-30/h8-9,13-15,20,30-31H,7,10-12H2,1-6H3,(H,27,32). The largest absolute Gasteiger partial charge is 0.490 e. The number of aromatic nitrogens is 2. The first kappa shape index (κ1) is 26.8. The van der Waals surface area contributed by atoms with E-state index >= 15 is 0 Å². The van der Waals surface area contributed by atoms with E-state index in [9.17, 15) is 9.90 Å². The van der Waals surface area contributed by atoms with E-state index < -0.39 is 18.6 Å². The summed E-state index contributed by atoms with van der Waals surface area (Å²) in [5, 5.41) is 32.1. The zero-order valence-corrected chi connectivity index (χ0v) is 22.0. The van der Waals surface area contributed by atoms with Gasteiger partial charge in [0.1, 0.15) is 25.1 Å². The highest BCUT2D eigenvalue weighted by molar-refractivity contribution is 7.13. The minimum atomic E-state index is -0.899. The summed E-state index contributed by atoms with van der Waals surface area (Å²) in [5.41, 5.74) is 5.16. The van der Waals surface area contributed by atoms with Crippen molar-refractivity contribution in [1.82, 2.24) is 15.5 Å². The third-order valence-corrected chi connectivity index (χ3v) is 6.57. The van der Waals surface area contributed by atoms with Crippen LogP contribution in [0.1, 0.15) is 55.9 Å². The van der Waals surface area contributed by atoms with E-state index in [4.69, 9.17) is 14.3 Å². The van der Waals surface area contributed by atoms with Crippen LogP contribution in [-0.4, -0.2) is 52.2 Å². The topological polar surface area (TPSA) is 118 Å². The molecule has 1 atom stereocenters. The van der Waals surface area contributed by atoms with Crippen LogP contribution < -0.4 is 10.1 Å². The number of thiophene rings is 1. The lowest BCUT2D eigenvalue weighted by molar-refractivity contribution is -0.124. The van der Waals surface area contributed by atoms with Crippen molar-refractivity contribution in [2.24, 2.45) is 5.92 Å². The Labute approximate surface area is 210 Å². The van der Waals surface area contributed by atoms with E-state index in [-0.39, 0.29) is 13.2 Å². The van der Waals surface area contributed by atoms with Gasteiger partial charge in [-0.15, -0.1) is 21.5 Å². The van der Waals surface area contributed by atoms with E-state index in [0.29, 0.717) is 29.4 Å². The maximum Gasteiger partial charge on any atom is 0.258 e. The van der Waals surface area contributed by atoms with Crippen LogP contribution in [-0.2, 0) is 11.2 Å². The van der Waals surface area contributed by atoms with Crippen molar-refractivity contribution in [3.63, 3.8) is 0 Å². The van der Waals surface area contributed by atoms with Gasteiger partial charge in [-0.3, -0.25) is 4.79 Å². The predicted molar refractivity (Wildman–Crippen MR) is 137 cm³/mol. The molecule has 0 aliphatic heterocycles. The average Bonchev–Trinajstić information content (AvgIpc) is 3.43. The smallest absolute Gasteiger partial charge is 0.258 e. The Morgan fingerprint density at radius 1 is 1.14 bits per heavy atom. The number of aryl methyl sites for hydroxylation is 2. The molecule has 1 unspecified atom stereocenters. The number of amides is 1. The monoisotopic (exact) mass is 501 g/mol. The third kappa shape index (κ3) is 6.68. The molecule has 0 radical (unpaired) electrons. The molecule has 1 amide bonds. The van der Waals surface area contributed by atoms with Gasteiger partial charge in [0.2, 0.25) is 11.8 Å². The summed E-state index contributed by atoms with van der Waals surface area (Å²) < 4.78 is 11.9. The normalized spacial score (nSPS) is 12.4. The molecule has 35 heavy (non-hydrogen) atoms. The molecule has 0 aliphatic rings. The number of benzene rings is 1. The number of aliphatic hydroxyl groups is 2. The van der Waals surface area contributed by atoms with Crippen LogP contribution in [0, 0.1) is 19.8 Å². The van der Waals surface area contributed by atoms with Crippen molar-refractivity contribution in [3.05, 3.63) is 39.8 Å². The van der Waals surface area contributed by atoms with Gasteiger partial charge in [-0.2, -0.15) is 0 Å². The Hall–Kier alpha value is -2.75. The number of carbonyl (C=O) groups excluding carboxylic acids is 1. The fraction of sp³-hybridized carbons (Fsp3) is 0.500. The van der Waals surface area contributed by atoms with Crippen LogP contribution in [0.25, 0.3) is 22.2 Å². The fourth-order valence-electron chi connectivity index (χ4n) is 4.06. The average molecular weight is 502 g/mol. The molecule has 0 bridgehead atoms. The van der Waals surface area contributed by atoms with Crippen molar-refractivity contribution in [2.45, 2.75) is 60.0 Å². The predicted octanol–water partition coefficient (Wildman–Crippen LogP) is 4.25. The molecule has 0 aliphatic carbocycles. The molecule has 0 saturated carbocycles. The third-order valence-electron chi connectivity index (χ3n) is 5.54. The molecule has 2 aromatic heterocycles. The molecule has 1 aromatic carbocycles. The van der Waals surface area contributed by atoms with E-state index in [1.807, 2.05) is 26.0 Å². The fourth-order valence-corrected chi connectivity index (χ4v) is 5.22. The number of nitrogens with zero attached hydrogens (tertiary/aromatic N) is 2. The second-order valence-electron chi connectivity index (χ2n) is 9.53. The van der Waals surface area contributed by atoms with Crippen molar-refractivity contribution < 1.29 is 24.2 Å². The van der Waals surface area contributed by atoms with Crippen molar-refractivity contribution in [1.29, 1.82) is 0 Å². The molecule has 3 rings (SSSR count). The molecule has 2 heterocycles. The van der Waals surface area contributed by atoms with Gasteiger partial charge in [-0.1, -0.05) is 27.7 Å². The number of carbonyl (C=O) groups is 1. The van der Waals surface area contributed by atoms with Gasteiger partial charge < -0.3 is 24.7 Å². The van der Waals surface area contributed by atoms with E-state index in [1.54, 1.807) is 11.3 Å². The number of aliphatic hydroxyl groups excluding tert-OH is 2. The Kier molecular flexibility index (Phi) is 9.04. The molecule has 0 fully saturated rings. The van der Waals surface area contributed by atoms with Crippen LogP contribution in [0.5, 0.6) is 5.75 Å². The lowest BCUT2D eigenvalue weighted by atomic mass is 9.94. The molecule has 190 valence electrons. The first-order valence-corrected chi connectivity index (χ1v) is 12.7. The van der Waals surface area contributed by atoms with Gasteiger partial charge in [-0.05, 0) is 71.9 Å². The van der Waals surface area contributed by atoms with Crippen LogP contribution in [0.15, 0.2) is 21.9 Å². The molecular weight excluding hydrogens is 466 g/mol. The molecule has 9 heteroatoms. The number of nitrogens with one attached hydrogen (secondary N) is 1. The summed E-state index contributed by atoms with van der Waals surface area (Å²) in [4.78, 5) is 12.2. The van der Waals surface area contributed by atoms with Crippen LogP contribution in [0.2, 0.25) is 0 Å². The van der Waals surface area contributed by atoms with Gasteiger partial charge in [0.15, 0.2) is 0 Å². The van der Waals surface area contributed by atoms with Gasteiger partial charge in [0.05, 0.1) is 4.88 Å². The highest BCUT2D eigenvalue weighted by atomic mass is 32.1. The molecule has 0 saturated heterocycles. The SMILES string of the molecule is Cc1cc(-c2nnc(-c3scc(CC(C)C)c3C(C)C)o2)cc(C)c1OCC(O)CNC(=O)CO. The van der Waals surface area contributed by atoms with Gasteiger partial charge in [-0.25, -0.2) is 0 Å². The zero-order chi connectivity index (χ0) is 25.7. The molecule has 3 N–H and O–H groups in total. The van der Waals surface area contributed by atoms with Crippen molar-refractivity contribution >= 4 is 17.2 Å². The van der Waals surface area contributed by atoms with E-state index in [2.05, 4.69) is 48.6 Å². The summed E-state index contributed by atoms with van der Waals surface area (Å²) in [7, 11) is 0. The Morgan fingerprint density at radius 3 is 2.40 bits per heavy atom. The second kappa shape index (κ2) is 11.8. The lowest BCUT2D eigenvalue weighted by Crippen LogP contribution is -2.36. The van der Waals surface area contributed by atoms with Gasteiger partial charge in [0, 0.05) is 12.1 Å². The van der Waals surface area contributed by atoms with Gasteiger partial charge in [0.25, 0.3) is 5.89 Å². The first-order valence-electron chi connectivity index (χ1n) is 11.8. The van der Waals surface area contributed by atoms with Crippen molar-refractivity contribution in [2.75, 3.05) is 19.8 Å². The molecule has 0 spiro atoms. The van der Waals surface area contributed by atoms with Gasteiger partial charge >= 0.3 is 0 Å². The quantitative estimate of drug-likeness (QED) is 0.359. The van der Waals surface area contributed by atoms with Crippen LogP contribution in [0.3, 0.4) is 0 Å². The number of ether oxygens (including phenoxy) is 1. The number of hydrogen-bond acceptors (Lipinski definition) is 8. The summed E-state index contributed by atoms with van der Waals surface area (Å²) in [6, 6.07) is 3.84. The molecule has 8 nitrogen and oxygen atoms in total. The second-order valence-corrected chi connectivity index (χ2v) is 10.4. The minimum Gasteiger partial charge on any atom is -0.490 e. The lowest BCUT2D eigenvalue weighted by Gasteiger charge is -2.16. The highest BCUT2D eigenvalue weighted by Crippen LogP contribution is 2.39. The van der Waals surface area contributed by atoms with Crippen LogP contribution in [0.4, 0.5) is 0 Å². The summed E-state index contributed by atoms with van der Waals surface area (Å²) in [6.45, 7) is 12.0. The summed E-state index contributed by atoms with van der Waals surface area (Å²) in [5.74, 6) is 2.01. The maximum atomic E-state index is 11.1. The maximum absolute atomic E-state index is 11.1. The summed E-state index contributed by atoms with van der Waals surface area (Å²) in [6.07, 6.45) is 0.122. The van der Waals surface area contributed by atoms with Crippen LogP contribution >= 0.6 is 11.3 Å². The minimum absolute atomic E-state index is 0.000299. The summed E-state index contributed by atoms with van der Waals surface area (Å²) >= 11 is 1.65. The first-order chi connectivity index (χ1) is 16.6. The molecular formula is C26H35N3O5S. The zero-order valence-electron chi connectivity index (χ0n) is 21.2. The highest BCUT2D eigenvalue weighted by Gasteiger charge is 2.22. The Morgan fingerprint density at radius 2 is 1.80 bits per heavy atom. The molecule has 3 aromatic rings. The number of hydrogen-bond donors (Lipinski definition) is 3. The Bertz CT molecular complexity index is 1130. The number of rotatable bonds is 11. The van der Waals surface area contributed by atoms with Crippen molar-refractivity contribution in [3.8, 4) is 28.0 Å². The van der Waals surface area contributed by atoms with E-state index in [0.717, 1.165) is 28.0 Å².